The smallest absolute Gasteiger partial charge is 0.253 e. The Bertz CT molecular complexity index is 391. The van der Waals surface area contributed by atoms with E-state index in [1.165, 1.54) is 0 Å². The van der Waals surface area contributed by atoms with Crippen molar-refractivity contribution in [2.75, 3.05) is 33.1 Å². The van der Waals surface area contributed by atoms with Crippen molar-refractivity contribution >= 4 is 11.6 Å². The van der Waals surface area contributed by atoms with Gasteiger partial charge in [0.2, 0.25) is 0 Å². The van der Waals surface area contributed by atoms with Gasteiger partial charge in [0.25, 0.3) is 5.91 Å². The van der Waals surface area contributed by atoms with Crippen LogP contribution in [0.1, 0.15) is 23.7 Å². The van der Waals surface area contributed by atoms with Crippen molar-refractivity contribution in [2.24, 2.45) is 0 Å². The van der Waals surface area contributed by atoms with E-state index in [9.17, 15) is 4.79 Å². The van der Waals surface area contributed by atoms with E-state index in [2.05, 4.69) is 12.2 Å². The molecular formula is C14H22N2O2. The third-order valence-electron chi connectivity index (χ3n) is 2.75. The van der Waals surface area contributed by atoms with Gasteiger partial charge in [-0.1, -0.05) is 13.0 Å². The fraction of sp³-hybridized carbons (Fsp3) is 0.500. The molecule has 0 fully saturated rings. The van der Waals surface area contributed by atoms with E-state index in [-0.39, 0.29) is 11.9 Å². The zero-order valence-electron chi connectivity index (χ0n) is 11.6. The maximum Gasteiger partial charge on any atom is 0.253 e. The van der Waals surface area contributed by atoms with Crippen LogP contribution in [-0.2, 0) is 4.74 Å². The molecule has 1 amide bonds. The zero-order valence-corrected chi connectivity index (χ0v) is 11.6. The first-order chi connectivity index (χ1) is 8.58. The number of anilines is 1. The van der Waals surface area contributed by atoms with Crippen LogP contribution >= 0.6 is 0 Å². The quantitative estimate of drug-likeness (QED) is 0.841. The van der Waals surface area contributed by atoms with Crippen molar-refractivity contribution in [1.29, 1.82) is 0 Å². The summed E-state index contributed by atoms with van der Waals surface area (Å²) in [5.74, 6) is 0.0124. The number of hydrogen-bond acceptors (Lipinski definition) is 3. The number of nitrogens with zero attached hydrogens (tertiary/aromatic N) is 1. The minimum Gasteiger partial charge on any atom is -0.383 e. The number of hydrogen-bond donors (Lipinski definition) is 1. The van der Waals surface area contributed by atoms with E-state index in [1.54, 1.807) is 26.1 Å². The van der Waals surface area contributed by atoms with E-state index in [4.69, 9.17) is 4.74 Å². The second kappa shape index (κ2) is 7.01. The van der Waals surface area contributed by atoms with Crippen molar-refractivity contribution in [3.63, 3.8) is 0 Å². The summed E-state index contributed by atoms with van der Waals surface area (Å²) in [7, 11) is 5.20. The highest BCUT2D eigenvalue weighted by Crippen LogP contribution is 2.14. The number of methoxy groups -OCH3 is 1. The fourth-order valence-electron chi connectivity index (χ4n) is 1.70. The highest BCUT2D eigenvalue weighted by molar-refractivity contribution is 5.94. The Morgan fingerprint density at radius 2 is 2.17 bits per heavy atom. The molecule has 0 aliphatic heterocycles. The molecule has 1 unspecified atom stereocenters. The summed E-state index contributed by atoms with van der Waals surface area (Å²) in [4.78, 5) is 13.4. The van der Waals surface area contributed by atoms with Gasteiger partial charge in [-0.05, 0) is 24.6 Å². The van der Waals surface area contributed by atoms with Crippen molar-refractivity contribution < 1.29 is 9.53 Å². The van der Waals surface area contributed by atoms with E-state index >= 15 is 0 Å². The molecule has 1 rings (SSSR count). The highest BCUT2D eigenvalue weighted by atomic mass is 16.5. The number of amides is 1. The van der Waals surface area contributed by atoms with Gasteiger partial charge in [-0.2, -0.15) is 0 Å². The van der Waals surface area contributed by atoms with Crippen LogP contribution in [0.25, 0.3) is 0 Å². The second-order valence-electron chi connectivity index (χ2n) is 4.49. The molecular weight excluding hydrogens is 228 g/mol. The first-order valence-corrected chi connectivity index (χ1v) is 6.15. The summed E-state index contributed by atoms with van der Waals surface area (Å²) >= 11 is 0. The van der Waals surface area contributed by atoms with Crippen LogP contribution in [0.2, 0.25) is 0 Å². The molecule has 0 heterocycles. The van der Waals surface area contributed by atoms with Crippen molar-refractivity contribution in [3.05, 3.63) is 29.8 Å². The molecule has 1 N–H and O–H groups in total. The van der Waals surface area contributed by atoms with Gasteiger partial charge in [-0.15, -0.1) is 0 Å². The Kier molecular flexibility index (Phi) is 5.65. The van der Waals surface area contributed by atoms with E-state index < -0.39 is 0 Å². The predicted octanol–water partition coefficient (Wildman–Crippen LogP) is 2.23. The first-order valence-electron chi connectivity index (χ1n) is 6.15. The van der Waals surface area contributed by atoms with Gasteiger partial charge in [-0.3, -0.25) is 4.79 Å². The average molecular weight is 250 g/mol. The van der Waals surface area contributed by atoms with Crippen LogP contribution in [0.15, 0.2) is 24.3 Å². The minimum absolute atomic E-state index is 0.0124. The summed E-state index contributed by atoms with van der Waals surface area (Å²) in [6.45, 7) is 2.76. The zero-order chi connectivity index (χ0) is 13.5. The van der Waals surface area contributed by atoms with Gasteiger partial charge >= 0.3 is 0 Å². The molecule has 0 saturated carbocycles. The number of benzene rings is 1. The highest BCUT2D eigenvalue weighted by Gasteiger charge is 2.10. The molecule has 0 bridgehead atoms. The molecule has 1 aromatic carbocycles. The van der Waals surface area contributed by atoms with Crippen LogP contribution < -0.4 is 5.32 Å². The lowest BCUT2D eigenvalue weighted by atomic mass is 10.1. The van der Waals surface area contributed by atoms with Crippen LogP contribution in [0.5, 0.6) is 0 Å². The summed E-state index contributed by atoms with van der Waals surface area (Å²) < 4.78 is 5.15. The Labute approximate surface area is 109 Å². The predicted molar refractivity (Wildman–Crippen MR) is 74.0 cm³/mol. The molecule has 18 heavy (non-hydrogen) atoms. The third kappa shape index (κ3) is 4.04. The van der Waals surface area contributed by atoms with Crippen molar-refractivity contribution in [2.45, 2.75) is 19.4 Å². The Morgan fingerprint density at radius 1 is 1.44 bits per heavy atom. The third-order valence-corrected chi connectivity index (χ3v) is 2.75. The van der Waals surface area contributed by atoms with Gasteiger partial charge in [0.1, 0.15) is 0 Å². The van der Waals surface area contributed by atoms with Crippen LogP contribution in [0.3, 0.4) is 0 Å². The molecule has 0 saturated heterocycles. The lowest BCUT2D eigenvalue weighted by Gasteiger charge is -2.18. The van der Waals surface area contributed by atoms with Crippen LogP contribution in [-0.4, -0.2) is 44.7 Å². The normalized spacial score (nSPS) is 12.0. The first kappa shape index (κ1) is 14.5. The topological polar surface area (TPSA) is 41.6 Å². The number of nitrogens with one attached hydrogen (secondary N) is 1. The summed E-state index contributed by atoms with van der Waals surface area (Å²) in [6.07, 6.45) is 0.972. The standard InChI is InChI=1S/C14H22N2O2/c1-5-12(10-18-4)15-13-8-6-7-11(9-13)14(17)16(2)3/h6-9,12,15H,5,10H2,1-4H3. The molecule has 1 atom stereocenters. The average Bonchev–Trinajstić information content (AvgIpc) is 2.37. The van der Waals surface area contributed by atoms with Crippen LogP contribution in [0, 0.1) is 0 Å². The maximum atomic E-state index is 11.9. The Morgan fingerprint density at radius 3 is 2.72 bits per heavy atom. The molecule has 4 heteroatoms. The Hall–Kier alpha value is -1.55. The Balaban J connectivity index is 2.78. The van der Waals surface area contributed by atoms with Crippen molar-refractivity contribution in [1.82, 2.24) is 4.90 Å². The maximum absolute atomic E-state index is 11.9. The largest absolute Gasteiger partial charge is 0.383 e. The molecule has 0 spiro atoms. The molecule has 0 aliphatic carbocycles. The molecule has 100 valence electrons. The van der Waals surface area contributed by atoms with Crippen molar-refractivity contribution in [3.8, 4) is 0 Å². The molecule has 4 nitrogen and oxygen atoms in total. The lowest BCUT2D eigenvalue weighted by Crippen LogP contribution is -2.25. The minimum atomic E-state index is 0.0124. The van der Waals surface area contributed by atoms with E-state index in [0.717, 1.165) is 12.1 Å². The monoisotopic (exact) mass is 250 g/mol. The molecule has 0 aliphatic rings. The summed E-state index contributed by atoms with van der Waals surface area (Å²) in [5, 5.41) is 3.37. The number of rotatable bonds is 6. The van der Waals surface area contributed by atoms with Gasteiger partial charge in [-0.25, -0.2) is 0 Å². The summed E-state index contributed by atoms with van der Waals surface area (Å²) in [5.41, 5.74) is 1.64. The fourth-order valence-corrected chi connectivity index (χ4v) is 1.70. The molecule has 0 radical (unpaired) electrons. The molecule has 1 aromatic rings. The lowest BCUT2D eigenvalue weighted by molar-refractivity contribution is 0.0827. The number of ether oxygens (including phenoxy) is 1. The van der Waals surface area contributed by atoms with E-state index in [1.807, 2.05) is 24.3 Å². The SMILES string of the molecule is CCC(COC)Nc1cccc(C(=O)N(C)C)c1. The van der Waals surface area contributed by atoms with Gasteiger partial charge in [0.15, 0.2) is 0 Å². The van der Waals surface area contributed by atoms with Gasteiger partial charge < -0.3 is 15.0 Å². The number of carbonyl (C=O) groups is 1. The summed E-state index contributed by atoms with van der Waals surface area (Å²) in [6, 6.07) is 7.81. The van der Waals surface area contributed by atoms with Gasteiger partial charge in [0, 0.05) is 38.5 Å². The number of carbonyl (C=O) groups excluding carboxylic acids is 1. The van der Waals surface area contributed by atoms with E-state index in [0.29, 0.717) is 12.2 Å². The second-order valence-corrected chi connectivity index (χ2v) is 4.49. The molecule has 0 aromatic heterocycles. The van der Waals surface area contributed by atoms with Crippen LogP contribution in [0.4, 0.5) is 5.69 Å². The van der Waals surface area contributed by atoms with Gasteiger partial charge in [0.05, 0.1) is 6.61 Å².